The summed E-state index contributed by atoms with van der Waals surface area (Å²) in [5.41, 5.74) is 0. The highest BCUT2D eigenvalue weighted by Gasteiger charge is 2.10. The first kappa shape index (κ1) is 11.2. The van der Waals surface area contributed by atoms with Crippen LogP contribution >= 0.6 is 11.6 Å². The molecule has 4 heteroatoms. The number of rotatable bonds is 4. The highest BCUT2D eigenvalue weighted by atomic mass is 35.5. The molecule has 0 aromatic carbocycles. The van der Waals surface area contributed by atoms with Crippen LogP contribution in [0, 0.1) is 0 Å². The maximum Gasteiger partial charge on any atom is 0.134 e. The Morgan fingerprint density at radius 1 is 1.50 bits per heavy atom. The first-order chi connectivity index (χ1) is 6.65. The van der Waals surface area contributed by atoms with Crippen LogP contribution in [0.25, 0.3) is 0 Å². The number of aromatic nitrogens is 2. The molecule has 14 heavy (non-hydrogen) atoms. The molecule has 1 aromatic heterocycles. The van der Waals surface area contributed by atoms with Crippen molar-refractivity contribution in [2.45, 2.75) is 32.7 Å². The van der Waals surface area contributed by atoms with Crippen molar-refractivity contribution in [3.63, 3.8) is 0 Å². The van der Waals surface area contributed by atoms with E-state index >= 15 is 0 Å². The van der Waals surface area contributed by atoms with Gasteiger partial charge in [-0.15, -0.1) is 0 Å². The summed E-state index contributed by atoms with van der Waals surface area (Å²) in [6, 6.07) is 2.26. The van der Waals surface area contributed by atoms with Gasteiger partial charge >= 0.3 is 0 Å². The molecule has 0 fully saturated rings. The zero-order valence-electron chi connectivity index (χ0n) is 8.87. The lowest BCUT2D eigenvalue weighted by atomic mass is 10.2. The van der Waals surface area contributed by atoms with E-state index in [4.69, 9.17) is 11.6 Å². The summed E-state index contributed by atoms with van der Waals surface area (Å²) in [5, 5.41) is 0.491. The third-order valence-corrected chi connectivity index (χ3v) is 2.55. The van der Waals surface area contributed by atoms with Crippen molar-refractivity contribution in [1.82, 2.24) is 9.97 Å². The Kier molecular flexibility index (Phi) is 4.14. The summed E-state index contributed by atoms with van der Waals surface area (Å²) in [7, 11) is 2.03. The third kappa shape index (κ3) is 2.84. The van der Waals surface area contributed by atoms with Crippen LogP contribution in [-0.4, -0.2) is 23.1 Å². The Balaban J connectivity index is 2.73. The lowest BCUT2D eigenvalue weighted by Crippen LogP contribution is -2.29. The second-order valence-corrected chi connectivity index (χ2v) is 3.83. The molecule has 78 valence electrons. The Bertz CT molecular complexity index is 290. The van der Waals surface area contributed by atoms with Crippen molar-refractivity contribution >= 4 is 17.4 Å². The summed E-state index contributed by atoms with van der Waals surface area (Å²) in [5.74, 6) is 0.881. The van der Waals surface area contributed by atoms with Crippen LogP contribution in [0.1, 0.15) is 26.7 Å². The number of halogens is 1. The Hall–Kier alpha value is -0.830. The molecule has 0 aliphatic carbocycles. The van der Waals surface area contributed by atoms with Crippen molar-refractivity contribution in [2.24, 2.45) is 0 Å². The topological polar surface area (TPSA) is 29.0 Å². The molecular weight excluding hydrogens is 198 g/mol. The molecule has 1 unspecified atom stereocenters. The first-order valence-corrected chi connectivity index (χ1v) is 5.23. The van der Waals surface area contributed by atoms with Crippen molar-refractivity contribution < 1.29 is 0 Å². The smallest absolute Gasteiger partial charge is 0.134 e. The van der Waals surface area contributed by atoms with Gasteiger partial charge < -0.3 is 4.90 Å². The normalized spacial score (nSPS) is 12.6. The summed E-state index contributed by atoms with van der Waals surface area (Å²) in [6.07, 6.45) is 3.81. The van der Waals surface area contributed by atoms with Gasteiger partial charge in [-0.25, -0.2) is 9.97 Å². The second-order valence-electron chi connectivity index (χ2n) is 3.45. The fourth-order valence-electron chi connectivity index (χ4n) is 1.35. The van der Waals surface area contributed by atoms with E-state index in [0.717, 1.165) is 12.2 Å². The average Bonchev–Trinajstić information content (AvgIpc) is 2.17. The summed E-state index contributed by atoms with van der Waals surface area (Å²) in [6.45, 7) is 4.36. The first-order valence-electron chi connectivity index (χ1n) is 4.85. The van der Waals surface area contributed by atoms with Gasteiger partial charge in [0.15, 0.2) is 0 Å². The molecule has 0 saturated carbocycles. The Morgan fingerprint density at radius 3 is 2.79 bits per heavy atom. The minimum absolute atomic E-state index is 0.478. The number of nitrogens with zero attached hydrogens (tertiary/aromatic N) is 3. The van der Waals surface area contributed by atoms with Crippen LogP contribution in [0.5, 0.6) is 0 Å². The van der Waals surface area contributed by atoms with Gasteiger partial charge in [0.05, 0.1) is 0 Å². The minimum atomic E-state index is 0.478. The second kappa shape index (κ2) is 5.15. The third-order valence-electron chi connectivity index (χ3n) is 2.35. The molecule has 0 bridgehead atoms. The van der Waals surface area contributed by atoms with Crippen molar-refractivity contribution in [3.05, 3.63) is 17.5 Å². The molecule has 1 heterocycles. The Labute approximate surface area is 90.1 Å². The van der Waals surface area contributed by atoms with Gasteiger partial charge in [0, 0.05) is 19.2 Å². The molecule has 1 aromatic rings. The van der Waals surface area contributed by atoms with E-state index in [-0.39, 0.29) is 0 Å². The number of anilines is 1. The van der Waals surface area contributed by atoms with E-state index in [1.54, 1.807) is 6.07 Å². The standard InChI is InChI=1S/C10H16ClN3/c1-4-5-8(2)14(3)10-6-9(11)12-7-13-10/h6-8H,4-5H2,1-3H3. The zero-order valence-corrected chi connectivity index (χ0v) is 9.62. The molecule has 1 rings (SSSR count). The molecule has 3 nitrogen and oxygen atoms in total. The van der Waals surface area contributed by atoms with E-state index in [1.165, 1.54) is 12.7 Å². The van der Waals surface area contributed by atoms with E-state index < -0.39 is 0 Å². The average molecular weight is 214 g/mol. The van der Waals surface area contributed by atoms with E-state index in [0.29, 0.717) is 11.2 Å². The maximum absolute atomic E-state index is 5.79. The van der Waals surface area contributed by atoms with Gasteiger partial charge in [0.25, 0.3) is 0 Å². The quantitative estimate of drug-likeness (QED) is 0.721. The van der Waals surface area contributed by atoms with Crippen LogP contribution in [0.3, 0.4) is 0 Å². The van der Waals surface area contributed by atoms with E-state index in [2.05, 4.69) is 28.7 Å². The number of hydrogen-bond donors (Lipinski definition) is 0. The van der Waals surface area contributed by atoms with Gasteiger partial charge in [0.1, 0.15) is 17.3 Å². The van der Waals surface area contributed by atoms with Gasteiger partial charge in [-0.3, -0.25) is 0 Å². The molecule has 0 spiro atoms. The fraction of sp³-hybridized carbons (Fsp3) is 0.600. The predicted molar refractivity (Wildman–Crippen MR) is 59.8 cm³/mol. The number of hydrogen-bond acceptors (Lipinski definition) is 3. The van der Waals surface area contributed by atoms with Crippen molar-refractivity contribution in [3.8, 4) is 0 Å². The van der Waals surface area contributed by atoms with Crippen LogP contribution in [0.4, 0.5) is 5.82 Å². The molecular formula is C10H16ClN3. The van der Waals surface area contributed by atoms with E-state index in [1.807, 2.05) is 7.05 Å². The molecule has 0 N–H and O–H groups in total. The van der Waals surface area contributed by atoms with Crippen molar-refractivity contribution in [1.29, 1.82) is 0 Å². The highest BCUT2D eigenvalue weighted by molar-refractivity contribution is 6.29. The monoisotopic (exact) mass is 213 g/mol. The summed E-state index contributed by atoms with van der Waals surface area (Å²) < 4.78 is 0. The van der Waals surface area contributed by atoms with Gasteiger partial charge in [-0.05, 0) is 13.3 Å². The van der Waals surface area contributed by atoms with Gasteiger partial charge in [-0.1, -0.05) is 24.9 Å². The molecule has 1 atom stereocenters. The van der Waals surface area contributed by atoms with Crippen LogP contribution < -0.4 is 4.90 Å². The van der Waals surface area contributed by atoms with Crippen LogP contribution in [0.2, 0.25) is 5.15 Å². The molecule has 0 aliphatic heterocycles. The molecule has 0 saturated heterocycles. The molecule has 0 amide bonds. The fourth-order valence-corrected chi connectivity index (χ4v) is 1.50. The summed E-state index contributed by atoms with van der Waals surface area (Å²) >= 11 is 5.79. The SMILES string of the molecule is CCCC(C)N(C)c1cc(Cl)ncn1. The van der Waals surface area contributed by atoms with Gasteiger partial charge in [-0.2, -0.15) is 0 Å². The van der Waals surface area contributed by atoms with Gasteiger partial charge in [0.2, 0.25) is 0 Å². The lowest BCUT2D eigenvalue weighted by molar-refractivity contribution is 0.611. The summed E-state index contributed by atoms with van der Waals surface area (Å²) in [4.78, 5) is 10.2. The molecule has 0 aliphatic rings. The predicted octanol–water partition coefficient (Wildman–Crippen LogP) is 2.75. The Morgan fingerprint density at radius 2 is 2.21 bits per heavy atom. The molecule has 0 radical (unpaired) electrons. The van der Waals surface area contributed by atoms with Crippen LogP contribution in [0.15, 0.2) is 12.4 Å². The van der Waals surface area contributed by atoms with E-state index in [9.17, 15) is 0 Å². The maximum atomic E-state index is 5.79. The largest absolute Gasteiger partial charge is 0.357 e. The lowest BCUT2D eigenvalue weighted by Gasteiger charge is -2.25. The van der Waals surface area contributed by atoms with Crippen molar-refractivity contribution in [2.75, 3.05) is 11.9 Å². The zero-order chi connectivity index (χ0) is 10.6. The minimum Gasteiger partial charge on any atom is -0.357 e. The highest BCUT2D eigenvalue weighted by Crippen LogP contribution is 2.16. The van der Waals surface area contributed by atoms with Crippen LogP contribution in [-0.2, 0) is 0 Å².